The summed E-state index contributed by atoms with van der Waals surface area (Å²) in [5, 5.41) is 0. The minimum absolute atomic E-state index is 0.724. The van der Waals surface area contributed by atoms with Crippen LogP contribution >= 0.6 is 22.6 Å². The molecule has 0 heterocycles. The van der Waals surface area contributed by atoms with E-state index in [0.29, 0.717) is 0 Å². The number of hydrogen-bond acceptors (Lipinski definition) is 1. The van der Waals surface area contributed by atoms with Crippen LogP contribution in [-0.2, 0) is 0 Å². The Labute approximate surface area is 51.7 Å². The van der Waals surface area contributed by atoms with Crippen LogP contribution in [-0.4, -0.2) is 6.54 Å². The second-order valence-corrected chi connectivity index (χ2v) is 2.58. The third-order valence-corrected chi connectivity index (χ3v) is 0.955. The van der Waals surface area contributed by atoms with E-state index in [2.05, 4.69) is 29.2 Å². The summed E-state index contributed by atoms with van der Waals surface area (Å²) in [6.07, 6.45) is 0.945. The van der Waals surface area contributed by atoms with E-state index in [4.69, 9.17) is 5.73 Å². The standard InChI is InChI=1S/C4H8IN/c1-4(5)2-3-6/h1-3,6H2. The topological polar surface area (TPSA) is 26.0 Å². The summed E-state index contributed by atoms with van der Waals surface area (Å²) in [5.74, 6) is 0. The van der Waals surface area contributed by atoms with Crippen LogP contribution in [0.4, 0.5) is 0 Å². The molecule has 0 aromatic heterocycles. The van der Waals surface area contributed by atoms with Crippen molar-refractivity contribution in [2.24, 2.45) is 5.73 Å². The van der Waals surface area contributed by atoms with Gasteiger partial charge >= 0.3 is 0 Å². The van der Waals surface area contributed by atoms with Crippen LogP contribution in [0.15, 0.2) is 10.2 Å². The van der Waals surface area contributed by atoms with Crippen molar-refractivity contribution in [3.63, 3.8) is 0 Å². The highest BCUT2D eigenvalue weighted by atomic mass is 127. The Bertz CT molecular complexity index is 51.5. The minimum atomic E-state index is 0.724. The first-order chi connectivity index (χ1) is 2.77. The summed E-state index contributed by atoms with van der Waals surface area (Å²) in [6.45, 7) is 4.38. The molecule has 0 rings (SSSR count). The predicted octanol–water partition coefficient (Wildman–Crippen LogP) is 1.28. The largest absolute Gasteiger partial charge is 0.330 e. The molecule has 0 fully saturated rings. The molecule has 0 aliphatic carbocycles. The van der Waals surface area contributed by atoms with E-state index in [1.54, 1.807) is 0 Å². The second kappa shape index (κ2) is 3.61. The van der Waals surface area contributed by atoms with Crippen molar-refractivity contribution in [1.82, 2.24) is 0 Å². The third-order valence-electron chi connectivity index (χ3n) is 0.416. The first-order valence-electron chi connectivity index (χ1n) is 1.80. The zero-order valence-electron chi connectivity index (χ0n) is 3.58. The molecule has 0 spiro atoms. The maximum atomic E-state index is 5.16. The third kappa shape index (κ3) is 4.43. The van der Waals surface area contributed by atoms with Crippen LogP contribution in [0, 0.1) is 0 Å². The lowest BCUT2D eigenvalue weighted by Crippen LogP contribution is -1.96. The Morgan fingerprint density at radius 3 is 2.33 bits per heavy atom. The lowest BCUT2D eigenvalue weighted by atomic mass is 10.4. The molecule has 0 aliphatic rings. The van der Waals surface area contributed by atoms with Gasteiger partial charge in [-0.15, -0.1) is 0 Å². The highest BCUT2D eigenvalue weighted by molar-refractivity contribution is 14.1. The van der Waals surface area contributed by atoms with Gasteiger partial charge in [0, 0.05) is 0 Å². The molecule has 0 saturated carbocycles. The summed E-state index contributed by atoms with van der Waals surface area (Å²) in [7, 11) is 0. The molecular formula is C4H8IN. The molecule has 0 unspecified atom stereocenters. The molecule has 0 saturated heterocycles. The van der Waals surface area contributed by atoms with Crippen LogP contribution in [0.5, 0.6) is 0 Å². The van der Waals surface area contributed by atoms with Gasteiger partial charge < -0.3 is 5.73 Å². The van der Waals surface area contributed by atoms with Gasteiger partial charge in [-0.05, 0) is 39.1 Å². The number of nitrogens with two attached hydrogens (primary N) is 1. The van der Waals surface area contributed by atoms with Gasteiger partial charge in [-0.3, -0.25) is 0 Å². The Morgan fingerprint density at radius 1 is 1.83 bits per heavy atom. The molecule has 1 nitrogen and oxygen atoms in total. The van der Waals surface area contributed by atoms with E-state index in [1.165, 1.54) is 0 Å². The molecule has 0 bridgehead atoms. The van der Waals surface area contributed by atoms with Gasteiger partial charge in [-0.25, -0.2) is 0 Å². The summed E-state index contributed by atoms with van der Waals surface area (Å²) < 4.78 is 1.13. The molecule has 0 radical (unpaired) electrons. The lowest BCUT2D eigenvalue weighted by molar-refractivity contribution is 1.01. The van der Waals surface area contributed by atoms with Crippen LogP contribution in [0.2, 0.25) is 0 Å². The van der Waals surface area contributed by atoms with Crippen LogP contribution in [0.1, 0.15) is 6.42 Å². The molecule has 0 aromatic carbocycles. The molecular weight excluding hydrogens is 189 g/mol. The van der Waals surface area contributed by atoms with E-state index < -0.39 is 0 Å². The second-order valence-electron chi connectivity index (χ2n) is 1.06. The van der Waals surface area contributed by atoms with Crippen LogP contribution in [0.3, 0.4) is 0 Å². The van der Waals surface area contributed by atoms with Crippen molar-refractivity contribution in [2.45, 2.75) is 6.42 Å². The smallest absolute Gasteiger partial charge is 0.00325 e. The molecule has 0 amide bonds. The molecule has 0 aliphatic heterocycles. The van der Waals surface area contributed by atoms with Gasteiger partial charge in [0.1, 0.15) is 0 Å². The van der Waals surface area contributed by atoms with Crippen molar-refractivity contribution >= 4 is 22.6 Å². The first kappa shape index (κ1) is 6.43. The Kier molecular flexibility index (Phi) is 3.87. The van der Waals surface area contributed by atoms with E-state index in [9.17, 15) is 0 Å². The van der Waals surface area contributed by atoms with Crippen molar-refractivity contribution in [1.29, 1.82) is 0 Å². The van der Waals surface area contributed by atoms with Gasteiger partial charge in [0.15, 0.2) is 0 Å². The predicted molar refractivity (Wildman–Crippen MR) is 36.8 cm³/mol. The molecule has 2 heteroatoms. The molecule has 0 aromatic rings. The van der Waals surface area contributed by atoms with Crippen LogP contribution in [0.25, 0.3) is 0 Å². The monoisotopic (exact) mass is 197 g/mol. The Morgan fingerprint density at radius 2 is 2.33 bits per heavy atom. The zero-order valence-corrected chi connectivity index (χ0v) is 5.73. The van der Waals surface area contributed by atoms with Gasteiger partial charge in [-0.2, -0.15) is 0 Å². The zero-order chi connectivity index (χ0) is 4.99. The number of hydrogen-bond donors (Lipinski definition) is 1. The molecule has 0 atom stereocenters. The summed E-state index contributed by atoms with van der Waals surface area (Å²) >= 11 is 2.17. The fraction of sp³-hybridized carbons (Fsp3) is 0.500. The maximum absolute atomic E-state index is 5.16. The summed E-state index contributed by atoms with van der Waals surface area (Å²) in [5.41, 5.74) is 5.16. The number of rotatable bonds is 2. The Hall–Kier alpha value is 0.430. The first-order valence-corrected chi connectivity index (χ1v) is 2.88. The lowest BCUT2D eigenvalue weighted by Gasteiger charge is -1.85. The van der Waals surface area contributed by atoms with Crippen molar-refractivity contribution in [3.05, 3.63) is 10.2 Å². The highest BCUT2D eigenvalue weighted by Crippen LogP contribution is 2.03. The van der Waals surface area contributed by atoms with Crippen molar-refractivity contribution < 1.29 is 0 Å². The van der Waals surface area contributed by atoms with E-state index >= 15 is 0 Å². The highest BCUT2D eigenvalue weighted by Gasteiger charge is 1.78. The van der Waals surface area contributed by atoms with Gasteiger partial charge in [-0.1, -0.05) is 6.58 Å². The van der Waals surface area contributed by atoms with Gasteiger partial charge in [0.2, 0.25) is 0 Å². The SMILES string of the molecule is C=C(I)CCN. The van der Waals surface area contributed by atoms with Crippen molar-refractivity contribution in [2.75, 3.05) is 6.54 Å². The van der Waals surface area contributed by atoms with E-state index in [1.807, 2.05) is 0 Å². The summed E-state index contributed by atoms with van der Waals surface area (Å²) in [4.78, 5) is 0. The normalized spacial score (nSPS) is 8.33. The fourth-order valence-electron chi connectivity index (χ4n) is 0.157. The van der Waals surface area contributed by atoms with E-state index in [0.717, 1.165) is 16.5 Å². The fourth-order valence-corrected chi connectivity index (χ4v) is 0.468. The quantitative estimate of drug-likeness (QED) is 0.663. The van der Waals surface area contributed by atoms with Gasteiger partial charge in [0.25, 0.3) is 0 Å². The average molecular weight is 197 g/mol. The minimum Gasteiger partial charge on any atom is -0.330 e. The van der Waals surface area contributed by atoms with Crippen molar-refractivity contribution in [3.8, 4) is 0 Å². The molecule has 36 valence electrons. The summed E-state index contributed by atoms with van der Waals surface area (Å²) in [6, 6.07) is 0. The average Bonchev–Trinajstić information content (AvgIpc) is 1.35. The maximum Gasteiger partial charge on any atom is -0.00325 e. The molecule has 6 heavy (non-hydrogen) atoms. The van der Waals surface area contributed by atoms with Crippen LogP contribution < -0.4 is 5.73 Å². The number of halogens is 1. The Balaban J connectivity index is 2.83. The molecule has 2 N–H and O–H groups in total. The van der Waals surface area contributed by atoms with E-state index in [-0.39, 0.29) is 0 Å². The van der Waals surface area contributed by atoms with Gasteiger partial charge in [0.05, 0.1) is 0 Å².